The number of halogens is 1. The smallest absolute Gasteiger partial charge is 0.0175 e. The van der Waals surface area contributed by atoms with Crippen LogP contribution in [0, 0.1) is 0 Å². The van der Waals surface area contributed by atoms with Gasteiger partial charge in [-0.2, -0.15) is 0 Å². The molecule has 0 aromatic rings. The van der Waals surface area contributed by atoms with Gasteiger partial charge in [0.1, 0.15) is 0 Å². The second-order valence-electron chi connectivity index (χ2n) is 3.02. The Labute approximate surface area is 73.0 Å². The summed E-state index contributed by atoms with van der Waals surface area (Å²) in [5, 5.41) is 0. The number of likely N-dealkylation sites (tertiary alicyclic amines) is 1. The van der Waals surface area contributed by atoms with E-state index in [4.69, 9.17) is 17.3 Å². The molecule has 2 N–H and O–H groups in total. The summed E-state index contributed by atoms with van der Waals surface area (Å²) in [7, 11) is 0. The Bertz CT molecular complexity index is 136. The molecule has 1 unspecified atom stereocenters. The second kappa shape index (κ2) is 4.75. The van der Waals surface area contributed by atoms with Crippen molar-refractivity contribution >= 4 is 11.6 Å². The average Bonchev–Trinajstić information content (AvgIpc) is 2.01. The largest absolute Gasteiger partial charge is 0.327 e. The molecular weight excluding hydrogens is 160 g/mol. The molecule has 1 heterocycles. The van der Waals surface area contributed by atoms with Crippen LogP contribution in [0.2, 0.25) is 0 Å². The van der Waals surface area contributed by atoms with Gasteiger partial charge in [-0.15, -0.1) is 0 Å². The van der Waals surface area contributed by atoms with E-state index >= 15 is 0 Å². The Kier molecular flexibility index (Phi) is 3.91. The van der Waals surface area contributed by atoms with Crippen LogP contribution in [0.1, 0.15) is 12.8 Å². The highest BCUT2D eigenvalue weighted by atomic mass is 35.5. The first-order valence-corrected chi connectivity index (χ1v) is 4.49. The van der Waals surface area contributed by atoms with Crippen LogP contribution in [0.15, 0.2) is 11.6 Å². The van der Waals surface area contributed by atoms with Crippen LogP contribution in [0.4, 0.5) is 0 Å². The molecule has 64 valence electrons. The first-order chi connectivity index (χ1) is 5.33. The maximum atomic E-state index is 5.80. The molecule has 0 amide bonds. The molecule has 1 aliphatic rings. The number of nitrogens with zero attached hydrogens (tertiary/aromatic N) is 1. The van der Waals surface area contributed by atoms with E-state index in [1.54, 1.807) is 5.54 Å². The zero-order valence-corrected chi connectivity index (χ0v) is 7.43. The van der Waals surface area contributed by atoms with Gasteiger partial charge in [0.2, 0.25) is 0 Å². The number of nitrogens with two attached hydrogens (primary N) is 1. The molecule has 0 spiro atoms. The van der Waals surface area contributed by atoms with Crippen LogP contribution in [0.3, 0.4) is 0 Å². The van der Waals surface area contributed by atoms with Gasteiger partial charge >= 0.3 is 0 Å². The molecule has 0 aliphatic carbocycles. The summed E-state index contributed by atoms with van der Waals surface area (Å²) in [5.41, 5.74) is 7.37. The Hall–Kier alpha value is -0.0500. The van der Waals surface area contributed by atoms with Gasteiger partial charge in [0.15, 0.2) is 0 Å². The third kappa shape index (κ3) is 3.23. The molecule has 3 heteroatoms. The van der Waals surface area contributed by atoms with Crippen LogP contribution < -0.4 is 5.73 Å². The third-order valence-electron chi connectivity index (χ3n) is 1.99. The fourth-order valence-corrected chi connectivity index (χ4v) is 1.53. The second-order valence-corrected chi connectivity index (χ2v) is 3.28. The van der Waals surface area contributed by atoms with E-state index in [9.17, 15) is 0 Å². The van der Waals surface area contributed by atoms with E-state index in [0.717, 1.165) is 19.6 Å². The molecule has 0 aromatic carbocycles. The Morgan fingerprint density at radius 1 is 1.64 bits per heavy atom. The lowest BCUT2D eigenvalue weighted by Crippen LogP contribution is -2.42. The lowest BCUT2D eigenvalue weighted by molar-refractivity contribution is 0.229. The van der Waals surface area contributed by atoms with Crippen molar-refractivity contribution in [1.29, 1.82) is 0 Å². The monoisotopic (exact) mass is 174 g/mol. The van der Waals surface area contributed by atoms with Gasteiger partial charge in [0.25, 0.3) is 0 Å². The fourth-order valence-electron chi connectivity index (χ4n) is 1.45. The number of hydrogen-bond donors (Lipinski definition) is 1. The van der Waals surface area contributed by atoms with Crippen molar-refractivity contribution in [1.82, 2.24) is 4.90 Å². The minimum absolute atomic E-state index is 0.368. The minimum atomic E-state index is 0.368. The van der Waals surface area contributed by atoms with Crippen molar-refractivity contribution in [3.8, 4) is 0 Å². The summed E-state index contributed by atoms with van der Waals surface area (Å²) in [4.78, 5) is 2.33. The molecular formula is C8H15ClN2. The highest BCUT2D eigenvalue weighted by molar-refractivity contribution is 6.25. The molecule has 1 fully saturated rings. The van der Waals surface area contributed by atoms with E-state index in [2.05, 4.69) is 4.90 Å². The lowest BCUT2D eigenvalue weighted by Gasteiger charge is -2.29. The van der Waals surface area contributed by atoms with Crippen molar-refractivity contribution in [2.45, 2.75) is 18.9 Å². The summed E-state index contributed by atoms with van der Waals surface area (Å²) >= 11 is 5.42. The molecule has 0 saturated carbocycles. The van der Waals surface area contributed by atoms with Crippen molar-refractivity contribution in [2.75, 3.05) is 19.6 Å². The maximum absolute atomic E-state index is 5.80. The third-order valence-corrected chi connectivity index (χ3v) is 2.17. The van der Waals surface area contributed by atoms with Gasteiger partial charge in [-0.25, -0.2) is 0 Å². The van der Waals surface area contributed by atoms with Gasteiger partial charge in [-0.3, -0.25) is 4.90 Å². The van der Waals surface area contributed by atoms with Gasteiger partial charge < -0.3 is 5.73 Å². The molecule has 2 nitrogen and oxygen atoms in total. The van der Waals surface area contributed by atoms with Crippen molar-refractivity contribution < 1.29 is 0 Å². The summed E-state index contributed by atoms with van der Waals surface area (Å²) in [6.07, 6.45) is 4.35. The van der Waals surface area contributed by atoms with Crippen LogP contribution in [-0.2, 0) is 0 Å². The first-order valence-electron chi connectivity index (χ1n) is 4.06. The summed E-state index contributed by atoms with van der Waals surface area (Å²) in [6, 6.07) is 0.368. The minimum Gasteiger partial charge on any atom is -0.327 e. The van der Waals surface area contributed by atoms with Crippen molar-refractivity contribution in [2.24, 2.45) is 5.73 Å². The Balaban J connectivity index is 2.22. The summed E-state index contributed by atoms with van der Waals surface area (Å²) in [6.45, 7) is 3.12. The normalized spacial score (nSPS) is 28.0. The van der Waals surface area contributed by atoms with E-state index < -0.39 is 0 Å². The number of hydrogen-bond acceptors (Lipinski definition) is 2. The molecule has 1 saturated heterocycles. The zero-order valence-electron chi connectivity index (χ0n) is 6.67. The van der Waals surface area contributed by atoms with Crippen LogP contribution in [0.25, 0.3) is 0 Å². The average molecular weight is 175 g/mol. The molecule has 1 aliphatic heterocycles. The topological polar surface area (TPSA) is 29.3 Å². The number of piperidine rings is 1. The first kappa shape index (κ1) is 9.04. The van der Waals surface area contributed by atoms with Crippen LogP contribution in [-0.4, -0.2) is 30.6 Å². The zero-order chi connectivity index (χ0) is 8.10. The van der Waals surface area contributed by atoms with E-state index in [1.165, 1.54) is 12.8 Å². The van der Waals surface area contributed by atoms with Gasteiger partial charge in [0, 0.05) is 24.7 Å². The van der Waals surface area contributed by atoms with E-state index in [1.807, 2.05) is 6.08 Å². The molecule has 1 rings (SSSR count). The highest BCUT2D eigenvalue weighted by Gasteiger charge is 2.14. The quantitative estimate of drug-likeness (QED) is 0.681. The predicted molar refractivity (Wildman–Crippen MR) is 48.6 cm³/mol. The van der Waals surface area contributed by atoms with Crippen molar-refractivity contribution in [3.05, 3.63) is 11.6 Å². The number of rotatable bonds is 2. The molecule has 0 bridgehead atoms. The lowest BCUT2D eigenvalue weighted by atomic mass is 10.1. The SMILES string of the molecule is NC1CCCN(C/C=C/Cl)C1. The molecule has 0 radical (unpaired) electrons. The summed E-state index contributed by atoms with van der Waals surface area (Å²) < 4.78 is 0. The van der Waals surface area contributed by atoms with E-state index in [0.29, 0.717) is 6.04 Å². The molecule has 0 aromatic heterocycles. The fraction of sp³-hybridized carbons (Fsp3) is 0.750. The standard InChI is InChI=1S/C8H15ClN2/c9-4-2-6-11-5-1-3-8(10)7-11/h2,4,8H,1,3,5-7,10H2/b4-2+. The highest BCUT2D eigenvalue weighted by Crippen LogP contribution is 2.07. The van der Waals surface area contributed by atoms with Crippen LogP contribution >= 0.6 is 11.6 Å². The van der Waals surface area contributed by atoms with Crippen molar-refractivity contribution in [3.63, 3.8) is 0 Å². The van der Waals surface area contributed by atoms with Gasteiger partial charge in [-0.1, -0.05) is 17.7 Å². The van der Waals surface area contributed by atoms with Crippen LogP contribution in [0.5, 0.6) is 0 Å². The van der Waals surface area contributed by atoms with E-state index in [-0.39, 0.29) is 0 Å². The predicted octanol–water partition coefficient (Wildman–Crippen LogP) is 1.16. The molecule has 1 atom stereocenters. The maximum Gasteiger partial charge on any atom is 0.0175 e. The molecule has 11 heavy (non-hydrogen) atoms. The van der Waals surface area contributed by atoms with Gasteiger partial charge in [-0.05, 0) is 19.4 Å². The van der Waals surface area contributed by atoms with Gasteiger partial charge in [0.05, 0.1) is 0 Å². The Morgan fingerprint density at radius 3 is 3.09 bits per heavy atom. The summed E-state index contributed by atoms with van der Waals surface area (Å²) in [5.74, 6) is 0. The Morgan fingerprint density at radius 2 is 2.45 bits per heavy atom.